The molecule has 1 amide bonds. The number of carbonyl (C=O) groups excluding carboxylic acids is 1. The van der Waals surface area contributed by atoms with Gasteiger partial charge in [0.15, 0.2) is 0 Å². The summed E-state index contributed by atoms with van der Waals surface area (Å²) in [4.78, 5) is 28.8. The van der Waals surface area contributed by atoms with Crippen molar-refractivity contribution in [2.24, 2.45) is 10.5 Å². The summed E-state index contributed by atoms with van der Waals surface area (Å²) >= 11 is 1.51. The Morgan fingerprint density at radius 2 is 1.39 bits per heavy atom. The van der Waals surface area contributed by atoms with Crippen LogP contribution >= 0.6 is 11.8 Å². The first kappa shape index (κ1) is 27.3. The van der Waals surface area contributed by atoms with Crippen LogP contribution in [-0.2, 0) is 14.3 Å². The Bertz CT molecular complexity index is 1160. The second-order valence-electron chi connectivity index (χ2n) is 9.65. The molecule has 1 aliphatic carbocycles. The molecule has 0 bridgehead atoms. The third-order valence-corrected chi connectivity index (χ3v) is 9.05. The zero-order valence-electron chi connectivity index (χ0n) is 21.2. The van der Waals surface area contributed by atoms with Gasteiger partial charge in [-0.15, -0.1) is 11.8 Å². The van der Waals surface area contributed by atoms with Crippen LogP contribution in [0.2, 0.25) is 0 Å². The van der Waals surface area contributed by atoms with Crippen LogP contribution in [0.3, 0.4) is 0 Å². The fourth-order valence-corrected chi connectivity index (χ4v) is 6.96. The molecule has 0 radical (unpaired) electrons. The third-order valence-electron chi connectivity index (χ3n) is 7.41. The molecule has 1 atom stereocenters. The minimum absolute atomic E-state index is 0.159. The predicted molar refractivity (Wildman–Crippen MR) is 151 cm³/mol. The Kier molecular flexibility index (Phi) is 9.10. The lowest BCUT2D eigenvalue weighted by Gasteiger charge is -2.36. The molecule has 8 heteroatoms. The summed E-state index contributed by atoms with van der Waals surface area (Å²) in [5.74, 6) is -1.18. The maximum Gasteiger partial charge on any atom is 0.327 e. The smallest absolute Gasteiger partial charge is 0.327 e. The van der Waals surface area contributed by atoms with Crippen LogP contribution in [-0.4, -0.2) is 35.3 Å². The highest BCUT2D eigenvalue weighted by Crippen LogP contribution is 2.49. The highest BCUT2D eigenvalue weighted by atomic mass is 32.2. The van der Waals surface area contributed by atoms with Gasteiger partial charge in [-0.1, -0.05) is 109 Å². The molecule has 1 saturated carbocycles. The van der Waals surface area contributed by atoms with Gasteiger partial charge in [0.05, 0.1) is 4.75 Å². The van der Waals surface area contributed by atoms with Crippen LogP contribution in [0.5, 0.6) is 0 Å². The Morgan fingerprint density at radius 3 is 1.82 bits per heavy atom. The van der Waals surface area contributed by atoms with Gasteiger partial charge < -0.3 is 10.4 Å². The van der Waals surface area contributed by atoms with Gasteiger partial charge in [0.2, 0.25) is 5.91 Å². The van der Waals surface area contributed by atoms with Gasteiger partial charge in [-0.3, -0.25) is 4.79 Å². The molecule has 0 unspecified atom stereocenters. The molecule has 0 saturated heterocycles. The minimum atomic E-state index is -1.08. The van der Waals surface area contributed by atoms with E-state index in [0.717, 1.165) is 29.5 Å². The van der Waals surface area contributed by atoms with E-state index in [-0.39, 0.29) is 18.2 Å². The lowest BCUT2D eigenvalue weighted by molar-refractivity contribution is -0.143. The quantitative estimate of drug-likeness (QED) is 0.120. The number of carboxylic acids is 1. The molecule has 0 spiro atoms. The first-order chi connectivity index (χ1) is 18.5. The third kappa shape index (κ3) is 5.87. The van der Waals surface area contributed by atoms with Crippen LogP contribution in [0.1, 0.15) is 48.8 Å². The van der Waals surface area contributed by atoms with Gasteiger partial charge in [0.1, 0.15) is 6.04 Å². The van der Waals surface area contributed by atoms with Crippen LogP contribution in [0, 0.1) is 5.41 Å². The number of carboxylic acid groups (broad SMARTS) is 1. The standard InChI is InChI=1S/C30H32N4O3S/c31-34-32-21-20-29(18-10-11-19-29)28(37)33-26(27(35)36)22-38-30(23-12-4-1-5-13-23,24-14-6-2-7-15-24)25-16-8-3-9-17-25/h1-9,12-17,26H,10-11,18-22H2,(H,33,37)(H,35,36)/t26-/m0/s1. The van der Waals surface area contributed by atoms with Crippen LogP contribution in [0.25, 0.3) is 10.4 Å². The number of hydrogen-bond acceptors (Lipinski definition) is 4. The summed E-state index contributed by atoms with van der Waals surface area (Å²) in [6, 6.07) is 29.1. The van der Waals surface area contributed by atoms with E-state index in [1.54, 1.807) is 0 Å². The second-order valence-corrected chi connectivity index (χ2v) is 10.9. The fourth-order valence-electron chi connectivity index (χ4n) is 5.41. The van der Waals surface area contributed by atoms with E-state index in [0.29, 0.717) is 19.3 Å². The number of benzene rings is 3. The summed E-state index contributed by atoms with van der Waals surface area (Å²) in [7, 11) is 0. The summed E-state index contributed by atoms with van der Waals surface area (Å²) in [5.41, 5.74) is 11.1. The second kappa shape index (κ2) is 12.7. The highest BCUT2D eigenvalue weighted by molar-refractivity contribution is 8.00. The molecule has 7 nitrogen and oxygen atoms in total. The molecule has 2 N–H and O–H groups in total. The molecule has 3 aromatic carbocycles. The monoisotopic (exact) mass is 528 g/mol. The SMILES string of the molecule is [N-]=[N+]=NCCC1(C(=O)N[C@@H](CSC(c2ccccc2)(c2ccccc2)c2ccccc2)C(=O)O)CCCC1. The minimum Gasteiger partial charge on any atom is -0.480 e. The Hall–Kier alpha value is -3.74. The number of carbonyl (C=O) groups is 2. The number of amides is 1. The van der Waals surface area contributed by atoms with Crippen molar-refractivity contribution in [1.82, 2.24) is 5.32 Å². The molecule has 4 rings (SSSR count). The van der Waals surface area contributed by atoms with E-state index in [1.807, 2.05) is 54.6 Å². The van der Waals surface area contributed by atoms with Crippen molar-refractivity contribution >= 4 is 23.6 Å². The summed E-state index contributed by atoms with van der Waals surface area (Å²) < 4.78 is -0.686. The van der Waals surface area contributed by atoms with Gasteiger partial charge in [-0.05, 0) is 41.5 Å². The van der Waals surface area contributed by atoms with Crippen molar-refractivity contribution in [2.45, 2.75) is 42.9 Å². The first-order valence-corrected chi connectivity index (χ1v) is 13.9. The van der Waals surface area contributed by atoms with E-state index in [2.05, 4.69) is 51.7 Å². The van der Waals surface area contributed by atoms with Crippen molar-refractivity contribution in [3.05, 3.63) is 118 Å². The normalized spacial score (nSPS) is 15.3. The zero-order chi connectivity index (χ0) is 26.8. The van der Waals surface area contributed by atoms with Gasteiger partial charge >= 0.3 is 5.97 Å². The maximum absolute atomic E-state index is 13.5. The molecule has 0 heterocycles. The van der Waals surface area contributed by atoms with Crippen molar-refractivity contribution < 1.29 is 14.7 Å². The van der Waals surface area contributed by atoms with Crippen molar-refractivity contribution in [3.8, 4) is 0 Å². The van der Waals surface area contributed by atoms with Crippen LogP contribution in [0.4, 0.5) is 0 Å². The van der Waals surface area contributed by atoms with Crippen molar-refractivity contribution in [1.29, 1.82) is 0 Å². The maximum atomic E-state index is 13.5. The van der Waals surface area contributed by atoms with E-state index < -0.39 is 22.2 Å². The summed E-state index contributed by atoms with van der Waals surface area (Å²) in [6.07, 6.45) is 3.55. The number of hydrogen-bond donors (Lipinski definition) is 2. The molecule has 3 aromatic rings. The number of azide groups is 1. The van der Waals surface area contributed by atoms with E-state index in [1.165, 1.54) is 11.8 Å². The molecular formula is C30H32N4O3S. The van der Waals surface area contributed by atoms with Crippen LogP contribution < -0.4 is 5.32 Å². The highest BCUT2D eigenvalue weighted by Gasteiger charge is 2.43. The number of nitrogens with one attached hydrogen (secondary N) is 1. The Labute approximate surface area is 227 Å². The van der Waals surface area contributed by atoms with Crippen LogP contribution in [0.15, 0.2) is 96.1 Å². The topological polar surface area (TPSA) is 115 Å². The Morgan fingerprint density at radius 1 is 0.921 bits per heavy atom. The Balaban J connectivity index is 1.67. The number of nitrogens with zero attached hydrogens (tertiary/aromatic N) is 3. The van der Waals surface area contributed by atoms with E-state index in [4.69, 9.17) is 5.53 Å². The average molecular weight is 529 g/mol. The molecule has 0 aliphatic heterocycles. The number of rotatable bonds is 12. The van der Waals surface area contributed by atoms with Gasteiger partial charge in [-0.25, -0.2) is 4.79 Å². The van der Waals surface area contributed by atoms with Crippen molar-refractivity contribution in [2.75, 3.05) is 12.3 Å². The van der Waals surface area contributed by atoms with Gasteiger partial charge in [-0.2, -0.15) is 0 Å². The molecular weight excluding hydrogens is 496 g/mol. The van der Waals surface area contributed by atoms with Crippen molar-refractivity contribution in [3.63, 3.8) is 0 Å². The lowest BCUT2D eigenvalue weighted by Crippen LogP contribution is -2.49. The van der Waals surface area contributed by atoms with Gasteiger partial charge in [0.25, 0.3) is 0 Å². The van der Waals surface area contributed by atoms with E-state index in [9.17, 15) is 14.7 Å². The largest absolute Gasteiger partial charge is 0.480 e. The summed E-state index contributed by atoms with van der Waals surface area (Å²) in [6.45, 7) is 0.218. The van der Waals surface area contributed by atoms with Gasteiger partial charge in [0, 0.05) is 22.6 Å². The zero-order valence-corrected chi connectivity index (χ0v) is 22.0. The lowest BCUT2D eigenvalue weighted by atomic mass is 9.81. The first-order valence-electron chi connectivity index (χ1n) is 12.9. The number of thioether (sulfide) groups is 1. The predicted octanol–water partition coefficient (Wildman–Crippen LogP) is 6.54. The molecule has 196 valence electrons. The average Bonchev–Trinajstić information content (AvgIpc) is 3.44. The molecule has 0 aromatic heterocycles. The summed E-state index contributed by atoms with van der Waals surface area (Å²) in [5, 5.41) is 16.7. The number of aliphatic carboxylic acids is 1. The molecule has 38 heavy (non-hydrogen) atoms. The molecule has 1 aliphatic rings. The fraction of sp³-hybridized carbons (Fsp3) is 0.333. The molecule has 1 fully saturated rings. The van der Waals surface area contributed by atoms with E-state index >= 15 is 0 Å².